The third kappa shape index (κ3) is 1.86. The Labute approximate surface area is 113 Å². The molecule has 1 aromatic carbocycles. The van der Waals surface area contributed by atoms with Crippen LogP contribution in [0.15, 0.2) is 30.6 Å². The van der Waals surface area contributed by atoms with Crippen LogP contribution in [0.5, 0.6) is 5.88 Å². The molecule has 96 valence electrons. The van der Waals surface area contributed by atoms with Crippen LogP contribution in [-0.2, 0) is 0 Å². The van der Waals surface area contributed by atoms with Gasteiger partial charge in [0.2, 0.25) is 11.8 Å². The SMILES string of the molecule is COc1ncnc2c1nc(N)n2-c1ccc(Cl)cc1. The second-order valence-electron chi connectivity index (χ2n) is 3.84. The minimum Gasteiger partial charge on any atom is -0.479 e. The zero-order valence-electron chi connectivity index (χ0n) is 10.0. The van der Waals surface area contributed by atoms with Crippen LogP contribution in [0.2, 0.25) is 5.02 Å². The van der Waals surface area contributed by atoms with Gasteiger partial charge in [0, 0.05) is 5.02 Å². The van der Waals surface area contributed by atoms with Gasteiger partial charge < -0.3 is 10.5 Å². The van der Waals surface area contributed by atoms with Crippen molar-refractivity contribution in [2.24, 2.45) is 0 Å². The Morgan fingerprint density at radius 2 is 1.95 bits per heavy atom. The highest BCUT2D eigenvalue weighted by atomic mass is 35.5. The molecule has 0 aliphatic heterocycles. The number of halogens is 1. The Balaban J connectivity index is 2.29. The highest BCUT2D eigenvalue weighted by molar-refractivity contribution is 6.30. The molecule has 0 aliphatic rings. The molecule has 3 aromatic rings. The van der Waals surface area contributed by atoms with E-state index in [4.69, 9.17) is 22.1 Å². The number of benzene rings is 1. The van der Waals surface area contributed by atoms with Gasteiger partial charge in [-0.05, 0) is 24.3 Å². The number of aromatic nitrogens is 4. The maximum atomic E-state index is 5.94. The van der Waals surface area contributed by atoms with E-state index in [1.165, 1.54) is 13.4 Å². The summed E-state index contributed by atoms with van der Waals surface area (Å²) in [6, 6.07) is 7.24. The molecule has 0 saturated heterocycles. The minimum absolute atomic E-state index is 0.316. The lowest BCUT2D eigenvalue weighted by Gasteiger charge is -2.05. The molecule has 0 amide bonds. The number of methoxy groups -OCH3 is 1. The normalized spacial score (nSPS) is 10.8. The number of rotatable bonds is 2. The van der Waals surface area contributed by atoms with Crippen LogP contribution < -0.4 is 10.5 Å². The largest absolute Gasteiger partial charge is 0.479 e. The Hall–Kier alpha value is -2.34. The number of imidazole rings is 1. The first kappa shape index (κ1) is 11.7. The summed E-state index contributed by atoms with van der Waals surface area (Å²) in [7, 11) is 1.53. The molecule has 6 nitrogen and oxygen atoms in total. The van der Waals surface area contributed by atoms with Crippen LogP contribution >= 0.6 is 11.6 Å². The van der Waals surface area contributed by atoms with Crippen molar-refractivity contribution in [1.82, 2.24) is 19.5 Å². The molecular weight excluding hydrogens is 266 g/mol. The van der Waals surface area contributed by atoms with Crippen molar-refractivity contribution in [2.75, 3.05) is 12.8 Å². The zero-order valence-corrected chi connectivity index (χ0v) is 10.8. The number of fused-ring (bicyclic) bond motifs is 1. The van der Waals surface area contributed by atoms with Crippen LogP contribution in [0.25, 0.3) is 16.9 Å². The fraction of sp³-hybridized carbons (Fsp3) is 0.0833. The van der Waals surface area contributed by atoms with Crippen LogP contribution in [0, 0.1) is 0 Å². The van der Waals surface area contributed by atoms with Crippen molar-refractivity contribution in [2.45, 2.75) is 0 Å². The van der Waals surface area contributed by atoms with Crippen LogP contribution in [0.3, 0.4) is 0 Å². The molecule has 7 heteroatoms. The summed E-state index contributed by atoms with van der Waals surface area (Å²) in [5, 5.41) is 0.652. The fourth-order valence-electron chi connectivity index (χ4n) is 1.88. The quantitative estimate of drug-likeness (QED) is 0.774. The molecule has 0 radical (unpaired) electrons. The van der Waals surface area contributed by atoms with Gasteiger partial charge in [-0.2, -0.15) is 4.98 Å². The average molecular weight is 276 g/mol. The molecule has 0 bridgehead atoms. The lowest BCUT2D eigenvalue weighted by atomic mass is 10.3. The monoisotopic (exact) mass is 275 g/mol. The van der Waals surface area contributed by atoms with Gasteiger partial charge in [-0.25, -0.2) is 9.97 Å². The van der Waals surface area contributed by atoms with E-state index in [0.29, 0.717) is 28.0 Å². The third-order valence-electron chi connectivity index (χ3n) is 2.71. The van der Waals surface area contributed by atoms with Crippen LogP contribution in [0.1, 0.15) is 0 Å². The van der Waals surface area contributed by atoms with E-state index in [2.05, 4.69) is 15.0 Å². The number of anilines is 1. The molecule has 0 unspecified atom stereocenters. The second kappa shape index (κ2) is 4.40. The van der Waals surface area contributed by atoms with E-state index in [1.807, 2.05) is 12.1 Å². The lowest BCUT2D eigenvalue weighted by molar-refractivity contribution is 0.401. The summed E-state index contributed by atoms with van der Waals surface area (Å²) in [6.45, 7) is 0. The van der Waals surface area contributed by atoms with Crippen molar-refractivity contribution in [3.05, 3.63) is 35.6 Å². The smallest absolute Gasteiger partial charge is 0.245 e. The number of ether oxygens (including phenoxy) is 1. The van der Waals surface area contributed by atoms with E-state index >= 15 is 0 Å². The van der Waals surface area contributed by atoms with Gasteiger partial charge in [0.1, 0.15) is 6.33 Å². The highest BCUT2D eigenvalue weighted by Gasteiger charge is 2.15. The lowest BCUT2D eigenvalue weighted by Crippen LogP contribution is -2.01. The summed E-state index contributed by atoms with van der Waals surface area (Å²) < 4.78 is 6.87. The fourth-order valence-corrected chi connectivity index (χ4v) is 2.01. The highest BCUT2D eigenvalue weighted by Crippen LogP contribution is 2.26. The van der Waals surface area contributed by atoms with Crippen molar-refractivity contribution in [1.29, 1.82) is 0 Å². The van der Waals surface area contributed by atoms with E-state index in [1.54, 1.807) is 16.7 Å². The molecule has 2 heterocycles. The molecule has 0 aliphatic carbocycles. The first-order chi connectivity index (χ1) is 9.20. The number of hydrogen-bond donors (Lipinski definition) is 1. The summed E-state index contributed by atoms with van der Waals surface area (Å²) >= 11 is 5.88. The molecule has 0 fully saturated rings. The number of nitrogens with zero attached hydrogens (tertiary/aromatic N) is 4. The van der Waals surface area contributed by atoms with Gasteiger partial charge in [-0.15, -0.1) is 0 Å². The van der Waals surface area contributed by atoms with Crippen molar-refractivity contribution in [3.8, 4) is 11.6 Å². The first-order valence-electron chi connectivity index (χ1n) is 5.49. The number of nitrogens with two attached hydrogens (primary N) is 1. The molecule has 0 saturated carbocycles. The Kier molecular flexibility index (Phi) is 2.72. The third-order valence-corrected chi connectivity index (χ3v) is 2.97. The van der Waals surface area contributed by atoms with E-state index in [9.17, 15) is 0 Å². The molecule has 2 N–H and O–H groups in total. The van der Waals surface area contributed by atoms with Gasteiger partial charge >= 0.3 is 0 Å². The van der Waals surface area contributed by atoms with Gasteiger partial charge in [0.05, 0.1) is 12.8 Å². The summed E-state index contributed by atoms with van der Waals surface area (Å²) in [6.07, 6.45) is 1.41. The van der Waals surface area contributed by atoms with Crippen LogP contribution in [0.4, 0.5) is 5.95 Å². The average Bonchev–Trinajstić information content (AvgIpc) is 2.76. The predicted octanol–water partition coefficient (Wildman–Crippen LogP) is 2.06. The molecule has 0 atom stereocenters. The topological polar surface area (TPSA) is 78.8 Å². The molecule has 0 spiro atoms. The molecule has 3 rings (SSSR count). The standard InChI is InChI=1S/C12H10ClN5O/c1-19-11-9-10(15-6-16-11)18(12(14)17-9)8-4-2-7(13)3-5-8/h2-6H,1H3,(H2,14,17). The van der Waals surface area contributed by atoms with Crippen molar-refractivity contribution in [3.63, 3.8) is 0 Å². The molecule has 2 aromatic heterocycles. The zero-order chi connectivity index (χ0) is 13.4. The van der Waals surface area contributed by atoms with Crippen LogP contribution in [-0.4, -0.2) is 26.6 Å². The van der Waals surface area contributed by atoms with Gasteiger partial charge in [0.25, 0.3) is 0 Å². The number of nitrogen functional groups attached to an aromatic ring is 1. The van der Waals surface area contributed by atoms with Gasteiger partial charge in [-0.3, -0.25) is 4.57 Å². The maximum Gasteiger partial charge on any atom is 0.245 e. The Morgan fingerprint density at radius 3 is 2.63 bits per heavy atom. The van der Waals surface area contributed by atoms with Crippen molar-refractivity contribution < 1.29 is 4.74 Å². The minimum atomic E-state index is 0.316. The Bertz CT molecular complexity index is 738. The van der Waals surface area contributed by atoms with E-state index < -0.39 is 0 Å². The summed E-state index contributed by atoms with van der Waals surface area (Å²) in [5.74, 6) is 0.709. The van der Waals surface area contributed by atoms with Gasteiger partial charge in [-0.1, -0.05) is 11.6 Å². The summed E-state index contributed by atoms with van der Waals surface area (Å²) in [5.41, 5.74) is 7.88. The van der Waals surface area contributed by atoms with Crippen molar-refractivity contribution >= 4 is 28.7 Å². The molecular formula is C12H10ClN5O. The molecule has 19 heavy (non-hydrogen) atoms. The Morgan fingerprint density at radius 1 is 1.21 bits per heavy atom. The summed E-state index contributed by atoms with van der Waals surface area (Å²) in [4.78, 5) is 12.4. The predicted molar refractivity (Wildman–Crippen MR) is 72.6 cm³/mol. The van der Waals surface area contributed by atoms with E-state index in [-0.39, 0.29) is 0 Å². The first-order valence-corrected chi connectivity index (χ1v) is 5.87. The van der Waals surface area contributed by atoms with Gasteiger partial charge in [0.15, 0.2) is 11.2 Å². The van der Waals surface area contributed by atoms with E-state index in [0.717, 1.165) is 5.69 Å². The maximum absolute atomic E-state index is 5.94. The number of hydrogen-bond acceptors (Lipinski definition) is 5. The second-order valence-corrected chi connectivity index (χ2v) is 4.27.